The van der Waals surface area contributed by atoms with E-state index >= 15 is 0 Å². The van der Waals surface area contributed by atoms with E-state index in [0.717, 1.165) is 48.5 Å². The van der Waals surface area contributed by atoms with Gasteiger partial charge in [0.15, 0.2) is 11.8 Å². The first-order chi connectivity index (χ1) is 14.3. The van der Waals surface area contributed by atoms with Crippen LogP contribution in [0.5, 0.6) is 0 Å². The number of hydrogen-bond acceptors (Lipinski definition) is 4. The third-order valence-corrected chi connectivity index (χ3v) is 5.73. The number of hydrogen-bond donors (Lipinski definition) is 2. The highest BCUT2D eigenvalue weighted by atomic mass is 16.2. The first-order valence-electron chi connectivity index (χ1n) is 10.5. The molecule has 8 nitrogen and oxygen atoms in total. The summed E-state index contributed by atoms with van der Waals surface area (Å²) >= 11 is 0. The molecule has 30 heavy (non-hydrogen) atoms. The minimum Gasteiger partial charge on any atom is -0.355 e. The lowest BCUT2D eigenvalue weighted by Crippen LogP contribution is -2.49. The molecule has 1 aliphatic rings. The van der Waals surface area contributed by atoms with E-state index in [2.05, 4.69) is 25.7 Å². The Balaban J connectivity index is 1.58. The second-order valence-corrected chi connectivity index (χ2v) is 8.33. The molecule has 1 aliphatic carbocycles. The lowest BCUT2D eigenvalue weighted by molar-refractivity contribution is -0.138. The summed E-state index contributed by atoms with van der Waals surface area (Å²) in [6.07, 6.45) is 5.89. The van der Waals surface area contributed by atoms with Crippen molar-refractivity contribution in [3.8, 4) is 5.82 Å². The van der Waals surface area contributed by atoms with E-state index in [9.17, 15) is 4.79 Å². The third-order valence-electron chi connectivity index (χ3n) is 5.73. The quantitative estimate of drug-likeness (QED) is 0.562. The van der Waals surface area contributed by atoms with E-state index in [1.165, 1.54) is 0 Å². The highest BCUT2D eigenvalue weighted by Crippen LogP contribution is 2.38. The first-order valence-corrected chi connectivity index (χ1v) is 10.5. The average molecular weight is 412 g/mol. The van der Waals surface area contributed by atoms with Gasteiger partial charge in [0, 0.05) is 46.1 Å². The third kappa shape index (κ3) is 4.80. The Morgan fingerprint density at radius 1 is 1.23 bits per heavy atom. The van der Waals surface area contributed by atoms with Gasteiger partial charge in [-0.15, -0.1) is 0 Å². The summed E-state index contributed by atoms with van der Waals surface area (Å²) in [5.74, 6) is 1.69. The van der Waals surface area contributed by atoms with Crippen molar-refractivity contribution >= 4 is 11.9 Å². The topological polar surface area (TPSA) is 87.4 Å². The molecule has 2 aromatic heterocycles. The van der Waals surface area contributed by atoms with E-state index in [-0.39, 0.29) is 11.3 Å². The highest BCUT2D eigenvalue weighted by Gasteiger charge is 2.42. The summed E-state index contributed by atoms with van der Waals surface area (Å²) in [6, 6.07) is 6.04. The summed E-state index contributed by atoms with van der Waals surface area (Å²) in [5, 5.41) is 11.2. The van der Waals surface area contributed by atoms with Crippen LogP contribution in [0, 0.1) is 19.3 Å². The van der Waals surface area contributed by atoms with Crippen molar-refractivity contribution in [3.05, 3.63) is 41.3 Å². The monoisotopic (exact) mass is 411 g/mol. The average Bonchev–Trinajstić information content (AvgIpc) is 3.34. The maximum Gasteiger partial charge on any atom is 0.230 e. The van der Waals surface area contributed by atoms with Crippen LogP contribution in [-0.2, 0) is 11.3 Å². The molecule has 0 bridgehead atoms. The summed E-state index contributed by atoms with van der Waals surface area (Å²) in [6.45, 7) is 5.19. The molecular weight excluding hydrogens is 378 g/mol. The Hall–Kier alpha value is -2.90. The van der Waals surface area contributed by atoms with Crippen molar-refractivity contribution in [1.82, 2.24) is 30.3 Å². The minimum atomic E-state index is -0.329. The number of nitrogens with zero attached hydrogens (tertiary/aromatic N) is 5. The van der Waals surface area contributed by atoms with Crippen molar-refractivity contribution < 1.29 is 4.79 Å². The molecule has 0 atom stereocenters. The summed E-state index contributed by atoms with van der Waals surface area (Å²) in [4.78, 5) is 23.3. The number of amides is 1. The van der Waals surface area contributed by atoms with Crippen LogP contribution in [0.3, 0.4) is 0 Å². The minimum absolute atomic E-state index is 0.201. The molecule has 2 aromatic rings. The zero-order valence-electron chi connectivity index (χ0n) is 18.7. The van der Waals surface area contributed by atoms with Gasteiger partial charge in [-0.1, -0.05) is 18.9 Å². The smallest absolute Gasteiger partial charge is 0.230 e. The van der Waals surface area contributed by atoms with E-state index in [1.54, 1.807) is 11.9 Å². The van der Waals surface area contributed by atoms with Crippen molar-refractivity contribution in [2.24, 2.45) is 10.4 Å². The number of guanidine groups is 1. The van der Waals surface area contributed by atoms with Crippen LogP contribution in [0.25, 0.3) is 5.82 Å². The van der Waals surface area contributed by atoms with Gasteiger partial charge in [0.25, 0.3) is 0 Å². The van der Waals surface area contributed by atoms with Crippen LogP contribution >= 0.6 is 0 Å². The van der Waals surface area contributed by atoms with Gasteiger partial charge < -0.3 is 15.5 Å². The number of aromatic nitrogens is 3. The normalized spacial score (nSPS) is 15.8. The van der Waals surface area contributed by atoms with Crippen LogP contribution < -0.4 is 10.6 Å². The van der Waals surface area contributed by atoms with Crippen molar-refractivity contribution in [2.75, 3.05) is 27.7 Å². The maximum atomic E-state index is 12.7. The summed E-state index contributed by atoms with van der Waals surface area (Å²) in [7, 11) is 5.41. The number of carbonyl (C=O) groups is 1. The molecule has 8 heteroatoms. The number of aryl methyl sites for hydroxylation is 2. The van der Waals surface area contributed by atoms with Crippen LogP contribution in [0.4, 0.5) is 0 Å². The molecular formula is C22H33N7O. The van der Waals surface area contributed by atoms with Crippen LogP contribution in [-0.4, -0.2) is 59.2 Å². The lowest BCUT2D eigenvalue weighted by Gasteiger charge is -2.31. The second-order valence-electron chi connectivity index (χ2n) is 8.33. The highest BCUT2D eigenvalue weighted by molar-refractivity contribution is 5.85. The van der Waals surface area contributed by atoms with E-state index in [4.69, 9.17) is 0 Å². The largest absolute Gasteiger partial charge is 0.355 e. The van der Waals surface area contributed by atoms with E-state index in [0.29, 0.717) is 19.0 Å². The first kappa shape index (κ1) is 21.8. The number of pyridine rings is 1. The molecule has 3 rings (SSSR count). The molecule has 2 N–H and O–H groups in total. The predicted molar refractivity (Wildman–Crippen MR) is 119 cm³/mol. The Kier molecular flexibility index (Phi) is 6.74. The van der Waals surface area contributed by atoms with Gasteiger partial charge in [-0.2, -0.15) is 5.10 Å². The Morgan fingerprint density at radius 2 is 1.97 bits per heavy atom. The molecule has 162 valence electrons. The molecule has 1 amide bonds. The summed E-state index contributed by atoms with van der Waals surface area (Å²) in [5.41, 5.74) is 2.75. The molecule has 1 saturated carbocycles. The fourth-order valence-electron chi connectivity index (χ4n) is 4.16. The van der Waals surface area contributed by atoms with Gasteiger partial charge in [-0.3, -0.25) is 9.79 Å². The van der Waals surface area contributed by atoms with Crippen molar-refractivity contribution in [2.45, 2.75) is 46.1 Å². The van der Waals surface area contributed by atoms with E-state index < -0.39 is 0 Å². The predicted octanol–water partition coefficient (Wildman–Crippen LogP) is 2.20. The zero-order valence-corrected chi connectivity index (χ0v) is 18.7. The molecule has 0 aliphatic heterocycles. The van der Waals surface area contributed by atoms with Crippen molar-refractivity contribution in [3.63, 3.8) is 0 Å². The lowest BCUT2D eigenvalue weighted by atomic mass is 9.84. The molecule has 0 unspecified atom stereocenters. The molecule has 0 spiro atoms. The molecule has 0 saturated heterocycles. The van der Waals surface area contributed by atoms with Crippen LogP contribution in [0.15, 0.2) is 29.4 Å². The Bertz CT molecular complexity index is 893. The second kappa shape index (κ2) is 9.28. The Morgan fingerprint density at radius 3 is 2.50 bits per heavy atom. The molecule has 0 radical (unpaired) electrons. The fourth-order valence-corrected chi connectivity index (χ4v) is 4.16. The van der Waals surface area contributed by atoms with Gasteiger partial charge in [-0.05, 0) is 44.4 Å². The van der Waals surface area contributed by atoms with Gasteiger partial charge in [-0.25, -0.2) is 9.67 Å². The summed E-state index contributed by atoms with van der Waals surface area (Å²) < 4.78 is 1.84. The van der Waals surface area contributed by atoms with Crippen molar-refractivity contribution in [1.29, 1.82) is 0 Å². The molecule has 2 heterocycles. The SMILES string of the molecule is CN=C(NCc1ccc(-n2nc(C)cc2C)nc1)NCC1(C(=O)N(C)C)CCCC1. The molecule has 1 fully saturated rings. The number of rotatable bonds is 6. The standard InChI is InChI=1S/C22H33N7O/c1-16-12-17(2)29(27-16)19-9-8-18(13-24-19)14-25-21(23-3)26-15-22(10-6-7-11-22)20(30)28(4)5/h8-9,12-13H,6-7,10-11,14-15H2,1-5H3,(H2,23,25,26). The number of nitrogens with one attached hydrogen (secondary N) is 2. The number of aliphatic imine (C=N–C) groups is 1. The van der Waals surface area contributed by atoms with Gasteiger partial charge in [0.05, 0.1) is 11.1 Å². The zero-order chi connectivity index (χ0) is 21.7. The van der Waals surface area contributed by atoms with Gasteiger partial charge in [0.2, 0.25) is 5.91 Å². The van der Waals surface area contributed by atoms with Gasteiger partial charge in [0.1, 0.15) is 0 Å². The maximum absolute atomic E-state index is 12.7. The van der Waals surface area contributed by atoms with Crippen LogP contribution in [0.1, 0.15) is 42.6 Å². The fraction of sp³-hybridized carbons (Fsp3) is 0.545. The van der Waals surface area contributed by atoms with E-state index in [1.807, 2.05) is 57.0 Å². The molecule has 0 aromatic carbocycles. The van der Waals surface area contributed by atoms with Gasteiger partial charge >= 0.3 is 0 Å². The Labute approximate surface area is 178 Å². The van der Waals surface area contributed by atoms with Crippen LogP contribution in [0.2, 0.25) is 0 Å². The number of carbonyl (C=O) groups excluding carboxylic acids is 1.